The van der Waals surface area contributed by atoms with Crippen molar-refractivity contribution in [1.29, 1.82) is 0 Å². The maximum atomic E-state index is 12.2. The average molecular weight is 274 g/mol. The molecular formula is C11H13Cl2N3O. The van der Waals surface area contributed by atoms with Crippen LogP contribution < -0.4 is 0 Å². The van der Waals surface area contributed by atoms with Gasteiger partial charge in [-0.1, -0.05) is 36.0 Å². The fourth-order valence-electron chi connectivity index (χ4n) is 1.95. The summed E-state index contributed by atoms with van der Waals surface area (Å²) >= 11 is 11.6. The average Bonchev–Trinajstić information content (AvgIpc) is 2.60. The Morgan fingerprint density at radius 1 is 1.12 bits per heavy atom. The van der Waals surface area contributed by atoms with Crippen molar-refractivity contribution >= 4 is 29.1 Å². The second kappa shape index (κ2) is 5.65. The first kappa shape index (κ1) is 12.6. The van der Waals surface area contributed by atoms with E-state index in [0.29, 0.717) is 5.56 Å². The van der Waals surface area contributed by atoms with Crippen LogP contribution in [0.25, 0.3) is 0 Å². The molecule has 0 N–H and O–H groups in total. The van der Waals surface area contributed by atoms with E-state index in [1.807, 2.05) is 4.90 Å². The molecule has 1 fully saturated rings. The van der Waals surface area contributed by atoms with Crippen LogP contribution in [0.1, 0.15) is 36.0 Å². The van der Waals surface area contributed by atoms with Crippen LogP contribution in [0.5, 0.6) is 0 Å². The monoisotopic (exact) mass is 273 g/mol. The topological polar surface area (TPSA) is 46.1 Å². The molecule has 1 aliphatic heterocycles. The van der Waals surface area contributed by atoms with Crippen LogP contribution in [-0.2, 0) is 0 Å². The quantitative estimate of drug-likeness (QED) is 0.791. The molecule has 0 atom stereocenters. The molecule has 0 aromatic carbocycles. The van der Waals surface area contributed by atoms with E-state index in [0.717, 1.165) is 25.9 Å². The van der Waals surface area contributed by atoms with Gasteiger partial charge in [0.2, 0.25) is 0 Å². The molecule has 0 aliphatic carbocycles. The van der Waals surface area contributed by atoms with Crippen LogP contribution in [0, 0.1) is 0 Å². The molecular weight excluding hydrogens is 261 g/mol. The molecule has 2 heterocycles. The van der Waals surface area contributed by atoms with E-state index in [1.54, 1.807) is 0 Å². The lowest BCUT2D eigenvalue weighted by Crippen LogP contribution is -2.32. The molecule has 17 heavy (non-hydrogen) atoms. The van der Waals surface area contributed by atoms with Crippen molar-refractivity contribution in [3.05, 3.63) is 21.9 Å². The van der Waals surface area contributed by atoms with Gasteiger partial charge < -0.3 is 4.90 Å². The molecule has 2 rings (SSSR count). The number of aromatic nitrogens is 2. The minimum atomic E-state index is -0.103. The smallest absolute Gasteiger partial charge is 0.257 e. The molecule has 1 aliphatic rings. The number of carbonyl (C=O) groups excluding carboxylic acids is 1. The number of likely N-dealkylation sites (tertiary alicyclic amines) is 1. The second-order valence-electron chi connectivity index (χ2n) is 4.08. The van der Waals surface area contributed by atoms with Gasteiger partial charge >= 0.3 is 0 Å². The molecule has 0 saturated carbocycles. The lowest BCUT2D eigenvalue weighted by Gasteiger charge is -2.20. The highest BCUT2D eigenvalue weighted by Gasteiger charge is 2.20. The van der Waals surface area contributed by atoms with Gasteiger partial charge in [-0.05, 0) is 18.9 Å². The zero-order valence-corrected chi connectivity index (χ0v) is 10.8. The third-order valence-electron chi connectivity index (χ3n) is 2.84. The molecule has 6 heteroatoms. The third kappa shape index (κ3) is 3.07. The lowest BCUT2D eigenvalue weighted by atomic mass is 10.2. The van der Waals surface area contributed by atoms with Gasteiger partial charge in [-0.3, -0.25) is 4.79 Å². The number of carbonyl (C=O) groups is 1. The van der Waals surface area contributed by atoms with E-state index < -0.39 is 0 Å². The summed E-state index contributed by atoms with van der Waals surface area (Å²) in [5.41, 5.74) is 0.341. The van der Waals surface area contributed by atoms with E-state index in [1.165, 1.54) is 18.9 Å². The molecule has 4 nitrogen and oxygen atoms in total. The van der Waals surface area contributed by atoms with Gasteiger partial charge in [0.1, 0.15) is 0 Å². The fraction of sp³-hybridized carbons (Fsp3) is 0.545. The van der Waals surface area contributed by atoms with E-state index in [9.17, 15) is 4.79 Å². The van der Waals surface area contributed by atoms with E-state index in [2.05, 4.69) is 10.2 Å². The first-order valence-electron chi connectivity index (χ1n) is 5.66. The highest BCUT2D eigenvalue weighted by molar-refractivity contribution is 6.34. The van der Waals surface area contributed by atoms with Gasteiger partial charge in [0.15, 0.2) is 10.3 Å². The highest BCUT2D eigenvalue weighted by atomic mass is 35.5. The van der Waals surface area contributed by atoms with E-state index >= 15 is 0 Å². The molecule has 92 valence electrons. The van der Waals surface area contributed by atoms with Gasteiger partial charge in [0.05, 0.1) is 5.56 Å². The zero-order valence-electron chi connectivity index (χ0n) is 9.33. The Morgan fingerprint density at radius 3 is 2.41 bits per heavy atom. The van der Waals surface area contributed by atoms with Gasteiger partial charge in [-0.25, -0.2) is 0 Å². The van der Waals surface area contributed by atoms with Crippen LogP contribution in [-0.4, -0.2) is 34.1 Å². The Hall–Kier alpha value is -0.870. The van der Waals surface area contributed by atoms with Crippen LogP contribution in [0.15, 0.2) is 6.07 Å². The van der Waals surface area contributed by atoms with E-state index in [-0.39, 0.29) is 16.2 Å². The molecule has 0 radical (unpaired) electrons. The third-order valence-corrected chi connectivity index (χ3v) is 3.31. The molecule has 0 unspecified atom stereocenters. The number of halogens is 2. The summed E-state index contributed by atoms with van der Waals surface area (Å²) < 4.78 is 0. The number of hydrogen-bond acceptors (Lipinski definition) is 3. The van der Waals surface area contributed by atoms with Gasteiger partial charge in [0.25, 0.3) is 5.91 Å². The maximum Gasteiger partial charge on any atom is 0.257 e. The summed E-state index contributed by atoms with van der Waals surface area (Å²) in [4.78, 5) is 14.1. The minimum absolute atomic E-state index is 0.103. The first-order valence-corrected chi connectivity index (χ1v) is 6.42. The standard InChI is InChI=1S/C11H13Cl2N3O/c12-9-7-8(10(13)15-14-9)11(17)16-5-3-1-2-4-6-16/h7H,1-6H2. The van der Waals surface area contributed by atoms with Gasteiger partial charge in [-0.2, -0.15) is 0 Å². The fourth-order valence-corrected chi connectivity index (χ4v) is 2.27. The summed E-state index contributed by atoms with van der Waals surface area (Å²) in [6.07, 6.45) is 4.42. The summed E-state index contributed by atoms with van der Waals surface area (Å²) in [6, 6.07) is 1.48. The van der Waals surface area contributed by atoms with Gasteiger partial charge in [-0.15, -0.1) is 10.2 Å². The van der Waals surface area contributed by atoms with Crippen molar-refractivity contribution in [2.75, 3.05) is 13.1 Å². The Balaban J connectivity index is 2.20. The maximum absolute atomic E-state index is 12.2. The van der Waals surface area contributed by atoms with Crippen molar-refractivity contribution in [2.24, 2.45) is 0 Å². The number of amides is 1. The Kier molecular flexibility index (Phi) is 4.18. The van der Waals surface area contributed by atoms with E-state index in [4.69, 9.17) is 23.2 Å². The van der Waals surface area contributed by atoms with Crippen LogP contribution in [0.3, 0.4) is 0 Å². The SMILES string of the molecule is O=C(c1cc(Cl)nnc1Cl)N1CCCCCC1. The predicted octanol–water partition coefficient (Wildman–Crippen LogP) is 2.80. The molecule has 0 spiro atoms. The lowest BCUT2D eigenvalue weighted by molar-refractivity contribution is 0.0761. The minimum Gasteiger partial charge on any atom is -0.339 e. The predicted molar refractivity (Wildman–Crippen MR) is 66.4 cm³/mol. The molecule has 0 bridgehead atoms. The first-order chi connectivity index (χ1) is 8.18. The summed E-state index contributed by atoms with van der Waals surface area (Å²) in [6.45, 7) is 1.55. The molecule has 1 aromatic rings. The highest BCUT2D eigenvalue weighted by Crippen LogP contribution is 2.19. The second-order valence-corrected chi connectivity index (χ2v) is 4.82. The van der Waals surface area contributed by atoms with Crippen LogP contribution in [0.2, 0.25) is 10.3 Å². The normalized spacial score (nSPS) is 16.7. The van der Waals surface area contributed by atoms with Crippen LogP contribution in [0.4, 0.5) is 0 Å². The number of nitrogens with zero attached hydrogens (tertiary/aromatic N) is 3. The summed E-state index contributed by atoms with van der Waals surface area (Å²) in [5, 5.41) is 7.55. The number of hydrogen-bond donors (Lipinski definition) is 0. The molecule has 1 saturated heterocycles. The molecule has 1 amide bonds. The van der Waals surface area contributed by atoms with Crippen molar-refractivity contribution in [1.82, 2.24) is 15.1 Å². The van der Waals surface area contributed by atoms with Crippen molar-refractivity contribution < 1.29 is 4.79 Å². The van der Waals surface area contributed by atoms with Gasteiger partial charge in [0, 0.05) is 13.1 Å². The van der Waals surface area contributed by atoms with Crippen molar-refractivity contribution in [2.45, 2.75) is 25.7 Å². The Morgan fingerprint density at radius 2 is 1.76 bits per heavy atom. The van der Waals surface area contributed by atoms with Crippen molar-refractivity contribution in [3.63, 3.8) is 0 Å². The van der Waals surface area contributed by atoms with Crippen molar-refractivity contribution in [3.8, 4) is 0 Å². The Bertz CT molecular complexity index is 417. The summed E-state index contributed by atoms with van der Waals surface area (Å²) in [7, 11) is 0. The summed E-state index contributed by atoms with van der Waals surface area (Å²) in [5.74, 6) is -0.103. The molecule has 1 aromatic heterocycles. The zero-order chi connectivity index (χ0) is 12.3. The number of rotatable bonds is 1. The largest absolute Gasteiger partial charge is 0.339 e. The van der Waals surface area contributed by atoms with Crippen LogP contribution >= 0.6 is 23.2 Å². The Labute approximate surface area is 110 Å².